The summed E-state index contributed by atoms with van der Waals surface area (Å²) in [4.78, 5) is 24.1. The van der Waals surface area contributed by atoms with Crippen LogP contribution in [0.15, 0.2) is 41.5 Å². The molecule has 0 aromatic heterocycles. The maximum absolute atomic E-state index is 12.1. The van der Waals surface area contributed by atoms with Crippen LogP contribution >= 0.6 is 11.6 Å². The van der Waals surface area contributed by atoms with Gasteiger partial charge in [-0.2, -0.15) is 5.10 Å². The molecule has 3 N–H and O–H groups in total. The highest BCUT2D eigenvalue weighted by Gasteiger charge is 2.12. The van der Waals surface area contributed by atoms with E-state index in [1.807, 2.05) is 13.0 Å². The number of amides is 2. The largest absolute Gasteiger partial charge is 0.507 e. The number of aryl methyl sites for hydroxylation is 2. The molecule has 2 rings (SSSR count). The lowest BCUT2D eigenvalue weighted by atomic mass is 10.1. The normalized spacial score (nSPS) is 11.2. The van der Waals surface area contributed by atoms with E-state index >= 15 is 0 Å². The number of hydrazone groups is 1. The van der Waals surface area contributed by atoms with Gasteiger partial charge in [0, 0.05) is 16.4 Å². The monoisotopic (exact) mass is 373 g/mol. The minimum absolute atomic E-state index is 0.00553. The van der Waals surface area contributed by atoms with Gasteiger partial charge in [-0.15, -0.1) is 0 Å². The van der Waals surface area contributed by atoms with Crippen LogP contribution in [-0.2, 0) is 4.79 Å². The predicted molar refractivity (Wildman–Crippen MR) is 103 cm³/mol. The Morgan fingerprint density at radius 2 is 1.88 bits per heavy atom. The van der Waals surface area contributed by atoms with E-state index in [1.54, 1.807) is 38.1 Å². The van der Waals surface area contributed by atoms with Crippen molar-refractivity contribution in [3.8, 4) is 5.75 Å². The predicted octanol–water partition coefficient (Wildman–Crippen LogP) is 3.80. The molecule has 0 bridgehead atoms. The molecule has 7 heteroatoms. The number of halogens is 1. The standard InChI is InChI=1S/C19H20ClN3O3/c1-11-7-8-14(10-16(11)20)21-17(24)9-13(3)22-23-19(26)15-6-4-5-12(2)18(15)25/h4-8,10,25H,9H2,1-3H3,(H,21,24)(H,23,26). The van der Waals surface area contributed by atoms with Crippen LogP contribution in [0, 0.1) is 13.8 Å². The summed E-state index contributed by atoms with van der Waals surface area (Å²) in [7, 11) is 0. The highest BCUT2D eigenvalue weighted by atomic mass is 35.5. The molecule has 2 amide bonds. The first kappa shape index (κ1) is 19.5. The highest BCUT2D eigenvalue weighted by Crippen LogP contribution is 2.21. The van der Waals surface area contributed by atoms with Crippen molar-refractivity contribution in [3.63, 3.8) is 0 Å². The van der Waals surface area contributed by atoms with Crippen LogP contribution in [0.25, 0.3) is 0 Å². The summed E-state index contributed by atoms with van der Waals surface area (Å²) < 4.78 is 0. The molecule has 0 spiro atoms. The van der Waals surface area contributed by atoms with E-state index in [1.165, 1.54) is 6.07 Å². The van der Waals surface area contributed by atoms with E-state index in [-0.39, 0.29) is 23.6 Å². The third-order valence-electron chi connectivity index (χ3n) is 3.70. The minimum atomic E-state index is -0.545. The van der Waals surface area contributed by atoms with Gasteiger partial charge in [-0.3, -0.25) is 9.59 Å². The smallest absolute Gasteiger partial charge is 0.275 e. The Labute approximate surface area is 156 Å². The molecule has 6 nitrogen and oxygen atoms in total. The lowest BCUT2D eigenvalue weighted by Gasteiger charge is -2.08. The van der Waals surface area contributed by atoms with Crippen molar-refractivity contribution in [1.82, 2.24) is 5.43 Å². The molecule has 0 fully saturated rings. The molecule has 2 aromatic rings. The number of rotatable bonds is 5. The lowest BCUT2D eigenvalue weighted by molar-refractivity contribution is -0.115. The number of carbonyl (C=O) groups excluding carboxylic acids is 2. The van der Waals surface area contributed by atoms with Crippen LogP contribution in [0.1, 0.15) is 34.8 Å². The molecule has 2 aromatic carbocycles. The van der Waals surface area contributed by atoms with Crippen molar-refractivity contribution in [2.45, 2.75) is 27.2 Å². The molecule has 0 aliphatic rings. The fourth-order valence-electron chi connectivity index (χ4n) is 2.20. The second-order valence-electron chi connectivity index (χ2n) is 5.95. The number of nitrogens with one attached hydrogen (secondary N) is 2. The van der Waals surface area contributed by atoms with Gasteiger partial charge in [0.1, 0.15) is 5.75 Å². The van der Waals surface area contributed by atoms with E-state index < -0.39 is 5.91 Å². The summed E-state index contributed by atoms with van der Waals surface area (Å²) in [6.07, 6.45) is 0.00553. The summed E-state index contributed by atoms with van der Waals surface area (Å²) in [5.41, 5.74) is 4.99. The highest BCUT2D eigenvalue weighted by molar-refractivity contribution is 6.31. The van der Waals surface area contributed by atoms with Gasteiger partial charge in [-0.1, -0.05) is 29.8 Å². The molecular weight excluding hydrogens is 354 g/mol. The lowest BCUT2D eigenvalue weighted by Crippen LogP contribution is -2.21. The van der Waals surface area contributed by atoms with E-state index in [9.17, 15) is 14.7 Å². The molecule has 0 radical (unpaired) electrons. The van der Waals surface area contributed by atoms with Crippen molar-refractivity contribution in [2.24, 2.45) is 5.10 Å². The third-order valence-corrected chi connectivity index (χ3v) is 4.11. The molecule has 0 saturated carbocycles. The maximum Gasteiger partial charge on any atom is 0.275 e. The molecule has 0 heterocycles. The molecular formula is C19H20ClN3O3. The van der Waals surface area contributed by atoms with Crippen LogP contribution in [0.2, 0.25) is 5.02 Å². The number of anilines is 1. The number of phenols is 1. The zero-order chi connectivity index (χ0) is 19.3. The number of para-hydroxylation sites is 1. The summed E-state index contributed by atoms with van der Waals surface area (Å²) in [6.45, 7) is 5.19. The zero-order valence-corrected chi connectivity index (χ0v) is 15.5. The number of phenolic OH excluding ortho intramolecular Hbond substituents is 1. The van der Waals surface area contributed by atoms with Crippen LogP contribution in [-0.4, -0.2) is 22.6 Å². The summed E-state index contributed by atoms with van der Waals surface area (Å²) >= 11 is 6.03. The average molecular weight is 374 g/mol. The molecule has 0 saturated heterocycles. The van der Waals surface area contributed by atoms with Crippen LogP contribution in [0.5, 0.6) is 5.75 Å². The number of hydrogen-bond donors (Lipinski definition) is 3. The van der Waals surface area contributed by atoms with Gasteiger partial charge in [0.15, 0.2) is 0 Å². The molecule has 0 aliphatic heterocycles. The Hall–Kier alpha value is -2.86. The molecule has 0 aliphatic carbocycles. The van der Waals surface area contributed by atoms with Gasteiger partial charge in [-0.25, -0.2) is 5.43 Å². The van der Waals surface area contributed by atoms with Gasteiger partial charge in [-0.05, 0) is 50.1 Å². The number of carbonyl (C=O) groups is 2. The summed E-state index contributed by atoms with van der Waals surface area (Å²) in [5.74, 6) is -0.915. The second-order valence-corrected chi connectivity index (χ2v) is 6.36. The van der Waals surface area contributed by atoms with Crippen LogP contribution in [0.3, 0.4) is 0 Å². The minimum Gasteiger partial charge on any atom is -0.507 e. The molecule has 26 heavy (non-hydrogen) atoms. The van der Waals surface area contributed by atoms with Crippen molar-refractivity contribution in [1.29, 1.82) is 0 Å². The van der Waals surface area contributed by atoms with E-state index in [0.717, 1.165) is 5.56 Å². The summed E-state index contributed by atoms with van der Waals surface area (Å²) in [6, 6.07) is 10.1. The Kier molecular flexibility index (Phi) is 6.36. The summed E-state index contributed by atoms with van der Waals surface area (Å²) in [5, 5.41) is 17.1. The van der Waals surface area contributed by atoms with Crippen molar-refractivity contribution >= 4 is 34.8 Å². The zero-order valence-electron chi connectivity index (χ0n) is 14.8. The number of benzene rings is 2. The van der Waals surface area contributed by atoms with Crippen molar-refractivity contribution < 1.29 is 14.7 Å². The van der Waals surface area contributed by atoms with Crippen LogP contribution < -0.4 is 10.7 Å². The second kappa shape index (κ2) is 8.49. The molecule has 0 atom stereocenters. The molecule has 136 valence electrons. The number of nitrogens with zero attached hydrogens (tertiary/aromatic N) is 1. The van der Waals surface area contributed by atoms with E-state index in [2.05, 4.69) is 15.8 Å². The van der Waals surface area contributed by atoms with Crippen molar-refractivity contribution in [2.75, 3.05) is 5.32 Å². The van der Waals surface area contributed by atoms with Gasteiger partial charge in [0.2, 0.25) is 5.91 Å². The van der Waals surface area contributed by atoms with Gasteiger partial charge < -0.3 is 10.4 Å². The first-order chi connectivity index (χ1) is 12.3. The average Bonchev–Trinajstić information content (AvgIpc) is 2.58. The van der Waals surface area contributed by atoms with E-state index in [0.29, 0.717) is 22.0 Å². The maximum atomic E-state index is 12.1. The van der Waals surface area contributed by atoms with Gasteiger partial charge in [0.05, 0.1) is 12.0 Å². The Morgan fingerprint density at radius 1 is 1.15 bits per heavy atom. The fourth-order valence-corrected chi connectivity index (χ4v) is 2.38. The quantitative estimate of drug-likeness (QED) is 0.550. The fraction of sp³-hybridized carbons (Fsp3) is 0.211. The first-order valence-corrected chi connectivity index (χ1v) is 8.34. The number of hydrogen-bond acceptors (Lipinski definition) is 4. The van der Waals surface area contributed by atoms with Crippen LogP contribution in [0.4, 0.5) is 5.69 Å². The molecule has 0 unspecified atom stereocenters. The topological polar surface area (TPSA) is 90.8 Å². The number of aromatic hydroxyl groups is 1. The Bertz CT molecular complexity index is 878. The first-order valence-electron chi connectivity index (χ1n) is 7.96. The third kappa shape index (κ3) is 5.07. The van der Waals surface area contributed by atoms with Crippen molar-refractivity contribution in [3.05, 3.63) is 58.1 Å². The SMILES string of the molecule is CC(CC(=O)Nc1ccc(C)c(Cl)c1)=NNC(=O)c1cccc(C)c1O. The van der Waals surface area contributed by atoms with E-state index in [4.69, 9.17) is 11.6 Å². The van der Waals surface area contributed by atoms with Gasteiger partial charge >= 0.3 is 0 Å². The Morgan fingerprint density at radius 3 is 2.58 bits per heavy atom. The van der Waals surface area contributed by atoms with Gasteiger partial charge in [0.25, 0.3) is 5.91 Å². The Balaban J connectivity index is 1.94.